The quantitative estimate of drug-likeness (QED) is 0.830. The van der Waals surface area contributed by atoms with E-state index in [1.807, 2.05) is 37.3 Å². The van der Waals surface area contributed by atoms with E-state index in [9.17, 15) is 4.79 Å². The summed E-state index contributed by atoms with van der Waals surface area (Å²) in [6.07, 6.45) is 3.94. The zero-order valence-corrected chi connectivity index (χ0v) is 11.5. The maximum Gasteiger partial charge on any atom is 0.227 e. The molecule has 3 heteroatoms. The maximum absolute atomic E-state index is 12.3. The molecule has 0 heterocycles. The first-order valence-electron chi connectivity index (χ1n) is 6.71. The Morgan fingerprint density at radius 3 is 2.67 bits per heavy atom. The molecule has 3 atom stereocenters. The summed E-state index contributed by atoms with van der Waals surface area (Å²) >= 11 is 6.20. The lowest BCUT2D eigenvalue weighted by molar-refractivity contribution is -0.123. The monoisotopic (exact) mass is 265 g/mol. The molecule has 1 fully saturated rings. The van der Waals surface area contributed by atoms with E-state index in [2.05, 4.69) is 5.32 Å². The van der Waals surface area contributed by atoms with Gasteiger partial charge in [0, 0.05) is 6.04 Å². The molecule has 1 N–H and O–H groups in total. The number of hydrogen-bond acceptors (Lipinski definition) is 1. The molecule has 18 heavy (non-hydrogen) atoms. The van der Waals surface area contributed by atoms with Crippen LogP contribution < -0.4 is 5.32 Å². The topological polar surface area (TPSA) is 29.1 Å². The molecule has 1 aliphatic rings. The van der Waals surface area contributed by atoms with Crippen molar-refractivity contribution in [2.75, 3.05) is 0 Å². The lowest BCUT2D eigenvalue weighted by atomic mass is 9.95. The van der Waals surface area contributed by atoms with Crippen molar-refractivity contribution >= 4 is 17.5 Å². The van der Waals surface area contributed by atoms with Gasteiger partial charge in [-0.2, -0.15) is 0 Å². The SMILES string of the molecule is CCC(C(=O)NC1CCCC1Cl)c1ccccc1. The van der Waals surface area contributed by atoms with Crippen molar-refractivity contribution in [3.05, 3.63) is 35.9 Å². The second-order valence-corrected chi connectivity index (χ2v) is 5.49. The number of rotatable bonds is 4. The molecule has 1 aromatic carbocycles. The zero-order chi connectivity index (χ0) is 13.0. The summed E-state index contributed by atoms with van der Waals surface area (Å²) in [5, 5.41) is 3.21. The van der Waals surface area contributed by atoms with Crippen LogP contribution in [0.3, 0.4) is 0 Å². The summed E-state index contributed by atoms with van der Waals surface area (Å²) in [5.74, 6) is 0.0527. The second kappa shape index (κ2) is 6.24. The Kier molecular flexibility index (Phi) is 4.65. The first kappa shape index (κ1) is 13.4. The Morgan fingerprint density at radius 1 is 1.39 bits per heavy atom. The number of amides is 1. The Bertz CT molecular complexity index is 393. The first-order valence-corrected chi connectivity index (χ1v) is 7.15. The molecule has 1 aliphatic carbocycles. The Morgan fingerprint density at radius 2 is 2.11 bits per heavy atom. The van der Waals surface area contributed by atoms with Gasteiger partial charge >= 0.3 is 0 Å². The fourth-order valence-electron chi connectivity index (χ4n) is 2.62. The molecule has 1 aromatic rings. The molecule has 1 amide bonds. The van der Waals surface area contributed by atoms with Gasteiger partial charge in [0.05, 0.1) is 11.3 Å². The maximum atomic E-state index is 12.3. The van der Waals surface area contributed by atoms with Crippen LogP contribution in [-0.4, -0.2) is 17.3 Å². The Balaban J connectivity index is 2.02. The smallest absolute Gasteiger partial charge is 0.227 e. The van der Waals surface area contributed by atoms with Crippen LogP contribution in [-0.2, 0) is 4.79 Å². The number of halogens is 1. The van der Waals surface area contributed by atoms with Gasteiger partial charge in [-0.3, -0.25) is 4.79 Å². The normalized spacial score (nSPS) is 24.8. The number of benzene rings is 1. The van der Waals surface area contributed by atoms with Crippen molar-refractivity contribution in [2.45, 2.75) is 49.9 Å². The van der Waals surface area contributed by atoms with E-state index in [0.717, 1.165) is 31.2 Å². The van der Waals surface area contributed by atoms with Gasteiger partial charge in [0.15, 0.2) is 0 Å². The van der Waals surface area contributed by atoms with E-state index < -0.39 is 0 Å². The van der Waals surface area contributed by atoms with Crippen molar-refractivity contribution < 1.29 is 4.79 Å². The van der Waals surface area contributed by atoms with E-state index in [1.165, 1.54) is 0 Å². The fourth-order valence-corrected chi connectivity index (χ4v) is 2.96. The lowest BCUT2D eigenvalue weighted by Crippen LogP contribution is -2.40. The molecule has 98 valence electrons. The minimum absolute atomic E-state index is 0.0596. The highest BCUT2D eigenvalue weighted by Gasteiger charge is 2.29. The summed E-state index contributed by atoms with van der Waals surface area (Å²) in [6, 6.07) is 10.1. The van der Waals surface area contributed by atoms with Gasteiger partial charge in [-0.15, -0.1) is 11.6 Å². The number of nitrogens with one attached hydrogen (secondary N) is 1. The van der Waals surface area contributed by atoms with Gasteiger partial charge in [0.2, 0.25) is 5.91 Å². The van der Waals surface area contributed by atoms with Gasteiger partial charge < -0.3 is 5.32 Å². The van der Waals surface area contributed by atoms with E-state index in [1.54, 1.807) is 0 Å². The van der Waals surface area contributed by atoms with Gasteiger partial charge in [-0.25, -0.2) is 0 Å². The molecular formula is C15H20ClNO. The minimum Gasteiger partial charge on any atom is -0.351 e. The zero-order valence-electron chi connectivity index (χ0n) is 10.7. The summed E-state index contributed by atoms with van der Waals surface area (Å²) in [6.45, 7) is 2.05. The first-order chi connectivity index (χ1) is 8.72. The van der Waals surface area contributed by atoms with Crippen molar-refractivity contribution in [3.63, 3.8) is 0 Å². The van der Waals surface area contributed by atoms with Gasteiger partial charge in [0.1, 0.15) is 0 Å². The van der Waals surface area contributed by atoms with Crippen LogP contribution >= 0.6 is 11.6 Å². The second-order valence-electron chi connectivity index (χ2n) is 4.93. The number of hydrogen-bond donors (Lipinski definition) is 1. The van der Waals surface area contributed by atoms with E-state index >= 15 is 0 Å². The molecule has 0 radical (unpaired) electrons. The Hall–Kier alpha value is -1.02. The predicted molar refractivity (Wildman–Crippen MR) is 74.9 cm³/mol. The van der Waals surface area contributed by atoms with Crippen LogP contribution in [0.25, 0.3) is 0 Å². The van der Waals surface area contributed by atoms with Crippen molar-refractivity contribution in [3.8, 4) is 0 Å². The molecular weight excluding hydrogens is 246 g/mol. The highest BCUT2D eigenvalue weighted by molar-refractivity contribution is 6.21. The molecule has 0 aromatic heterocycles. The number of carbonyl (C=O) groups is 1. The van der Waals surface area contributed by atoms with E-state index in [0.29, 0.717) is 0 Å². The van der Waals surface area contributed by atoms with Gasteiger partial charge in [0.25, 0.3) is 0 Å². The third kappa shape index (κ3) is 3.05. The minimum atomic E-state index is -0.0596. The highest BCUT2D eigenvalue weighted by Crippen LogP contribution is 2.26. The van der Waals surface area contributed by atoms with Crippen LogP contribution in [0.4, 0.5) is 0 Å². The average molecular weight is 266 g/mol. The summed E-state index contributed by atoms with van der Waals surface area (Å²) in [5.41, 5.74) is 1.08. The standard InChI is InChI=1S/C15H20ClNO/c1-2-12(11-7-4-3-5-8-11)15(18)17-14-10-6-9-13(14)16/h3-5,7-8,12-14H,2,6,9-10H2,1H3,(H,17,18). The van der Waals surface area contributed by atoms with Crippen LogP contribution in [0.5, 0.6) is 0 Å². The van der Waals surface area contributed by atoms with E-state index in [-0.39, 0.29) is 23.2 Å². The Labute approximate surface area is 114 Å². The molecule has 0 saturated heterocycles. The van der Waals surface area contributed by atoms with E-state index in [4.69, 9.17) is 11.6 Å². The number of alkyl halides is 1. The molecule has 0 bridgehead atoms. The molecule has 1 saturated carbocycles. The van der Waals surface area contributed by atoms with Crippen LogP contribution in [0.15, 0.2) is 30.3 Å². The van der Waals surface area contributed by atoms with Crippen molar-refractivity contribution in [1.82, 2.24) is 5.32 Å². The third-order valence-corrected chi connectivity index (χ3v) is 4.21. The van der Waals surface area contributed by atoms with Gasteiger partial charge in [-0.1, -0.05) is 37.3 Å². The van der Waals surface area contributed by atoms with Crippen molar-refractivity contribution in [2.24, 2.45) is 0 Å². The molecule has 0 spiro atoms. The molecule has 0 aliphatic heterocycles. The summed E-state index contributed by atoms with van der Waals surface area (Å²) in [7, 11) is 0. The predicted octanol–water partition coefficient (Wildman–Crippen LogP) is 3.46. The highest BCUT2D eigenvalue weighted by atomic mass is 35.5. The molecule has 2 rings (SSSR count). The lowest BCUT2D eigenvalue weighted by Gasteiger charge is -2.21. The largest absolute Gasteiger partial charge is 0.351 e. The van der Waals surface area contributed by atoms with Crippen LogP contribution in [0, 0.1) is 0 Å². The van der Waals surface area contributed by atoms with Crippen LogP contribution in [0.1, 0.15) is 44.1 Å². The fraction of sp³-hybridized carbons (Fsp3) is 0.533. The number of carbonyl (C=O) groups excluding carboxylic acids is 1. The summed E-state index contributed by atoms with van der Waals surface area (Å²) < 4.78 is 0. The van der Waals surface area contributed by atoms with Crippen molar-refractivity contribution in [1.29, 1.82) is 0 Å². The van der Waals surface area contributed by atoms with Crippen LogP contribution in [0.2, 0.25) is 0 Å². The third-order valence-electron chi connectivity index (χ3n) is 3.69. The summed E-state index contributed by atoms with van der Waals surface area (Å²) in [4.78, 5) is 12.3. The molecule has 2 nitrogen and oxygen atoms in total. The molecule has 3 unspecified atom stereocenters. The average Bonchev–Trinajstić information content (AvgIpc) is 2.77. The van der Waals surface area contributed by atoms with Gasteiger partial charge in [-0.05, 0) is 31.2 Å².